The van der Waals surface area contributed by atoms with Gasteiger partial charge in [0.1, 0.15) is 11.3 Å². The van der Waals surface area contributed by atoms with Crippen molar-refractivity contribution in [2.24, 2.45) is 0 Å². The molecule has 0 spiro atoms. The van der Waals surface area contributed by atoms with Gasteiger partial charge in [0, 0.05) is 39.3 Å². The SMILES string of the molecule is CCOc1ccc(C2(C)NC(=O)N(CN3CCN(CC(=O)N4CCCCCC4)CC3)C2=O)cc1. The van der Waals surface area contributed by atoms with Crippen LogP contribution in [0.15, 0.2) is 24.3 Å². The molecular formula is C25H37N5O4. The van der Waals surface area contributed by atoms with Crippen molar-refractivity contribution in [2.75, 3.05) is 59.1 Å². The molecule has 3 heterocycles. The summed E-state index contributed by atoms with van der Waals surface area (Å²) in [7, 11) is 0. The fraction of sp³-hybridized carbons (Fsp3) is 0.640. The standard InChI is InChI=1S/C25H37N5O4/c1-3-34-21-10-8-20(9-11-21)25(2)23(32)30(24(33)26-25)19-28-16-14-27(15-17-28)18-22(31)29-12-6-4-5-7-13-29/h8-11H,3-7,12-19H2,1-2H3,(H,26,33). The minimum atomic E-state index is -1.09. The van der Waals surface area contributed by atoms with Crippen LogP contribution in [0, 0.1) is 0 Å². The van der Waals surface area contributed by atoms with E-state index in [-0.39, 0.29) is 24.5 Å². The van der Waals surface area contributed by atoms with E-state index in [2.05, 4.69) is 15.1 Å². The molecule has 0 aromatic heterocycles. The van der Waals surface area contributed by atoms with Crippen LogP contribution in [0.2, 0.25) is 0 Å². The Bertz CT molecular complexity index is 876. The summed E-state index contributed by atoms with van der Waals surface area (Å²) in [6.07, 6.45) is 4.62. The van der Waals surface area contributed by atoms with Crippen molar-refractivity contribution < 1.29 is 19.1 Å². The van der Waals surface area contributed by atoms with E-state index in [0.717, 1.165) is 50.3 Å². The molecule has 1 atom stereocenters. The highest BCUT2D eigenvalue weighted by molar-refractivity contribution is 6.07. The van der Waals surface area contributed by atoms with Crippen molar-refractivity contribution in [3.63, 3.8) is 0 Å². The van der Waals surface area contributed by atoms with E-state index < -0.39 is 5.54 Å². The number of hydrogen-bond acceptors (Lipinski definition) is 6. The number of likely N-dealkylation sites (tertiary alicyclic amines) is 1. The second-order valence-corrected chi connectivity index (χ2v) is 9.58. The van der Waals surface area contributed by atoms with E-state index in [1.54, 1.807) is 6.92 Å². The lowest BCUT2D eigenvalue weighted by atomic mass is 9.92. The molecule has 0 bridgehead atoms. The molecule has 1 aromatic rings. The lowest BCUT2D eigenvalue weighted by molar-refractivity contribution is -0.133. The fourth-order valence-electron chi connectivity index (χ4n) is 4.97. The Balaban J connectivity index is 1.29. The molecule has 9 heteroatoms. The molecule has 3 saturated heterocycles. The molecule has 1 N–H and O–H groups in total. The van der Waals surface area contributed by atoms with Crippen LogP contribution in [0.5, 0.6) is 5.75 Å². The summed E-state index contributed by atoms with van der Waals surface area (Å²) < 4.78 is 5.48. The molecule has 1 aromatic carbocycles. The van der Waals surface area contributed by atoms with Crippen molar-refractivity contribution >= 4 is 17.8 Å². The van der Waals surface area contributed by atoms with Gasteiger partial charge in [-0.15, -0.1) is 0 Å². The summed E-state index contributed by atoms with van der Waals surface area (Å²) in [6, 6.07) is 6.91. The highest BCUT2D eigenvalue weighted by atomic mass is 16.5. The average molecular weight is 472 g/mol. The van der Waals surface area contributed by atoms with Gasteiger partial charge in [0.25, 0.3) is 5.91 Å². The first kappa shape index (κ1) is 24.5. The number of hydrogen-bond donors (Lipinski definition) is 1. The minimum absolute atomic E-state index is 0.218. The fourth-order valence-corrected chi connectivity index (χ4v) is 4.97. The monoisotopic (exact) mass is 471 g/mol. The van der Waals surface area contributed by atoms with Crippen LogP contribution in [0.4, 0.5) is 4.79 Å². The van der Waals surface area contributed by atoms with E-state index in [1.807, 2.05) is 36.1 Å². The Morgan fingerprint density at radius 2 is 1.56 bits per heavy atom. The zero-order chi connectivity index (χ0) is 24.1. The highest BCUT2D eigenvalue weighted by Gasteiger charge is 2.49. The van der Waals surface area contributed by atoms with E-state index in [1.165, 1.54) is 17.7 Å². The molecule has 34 heavy (non-hydrogen) atoms. The second-order valence-electron chi connectivity index (χ2n) is 9.58. The number of benzene rings is 1. The summed E-state index contributed by atoms with van der Waals surface area (Å²) in [4.78, 5) is 46.3. The average Bonchev–Trinajstić information content (AvgIpc) is 3.03. The number of carbonyl (C=O) groups is 3. The highest BCUT2D eigenvalue weighted by Crippen LogP contribution is 2.30. The zero-order valence-electron chi connectivity index (χ0n) is 20.4. The Hall–Kier alpha value is -2.65. The number of carbonyl (C=O) groups excluding carboxylic acids is 3. The van der Waals surface area contributed by atoms with Crippen LogP contribution in [0.3, 0.4) is 0 Å². The van der Waals surface area contributed by atoms with Crippen LogP contribution < -0.4 is 10.1 Å². The molecule has 186 valence electrons. The molecule has 3 fully saturated rings. The maximum absolute atomic E-state index is 13.3. The van der Waals surface area contributed by atoms with Gasteiger partial charge in [0.15, 0.2) is 0 Å². The third-order valence-electron chi connectivity index (χ3n) is 7.14. The quantitative estimate of drug-likeness (QED) is 0.611. The number of rotatable bonds is 7. The first-order valence-corrected chi connectivity index (χ1v) is 12.5. The lowest BCUT2D eigenvalue weighted by Gasteiger charge is -2.36. The van der Waals surface area contributed by atoms with Crippen molar-refractivity contribution in [1.29, 1.82) is 0 Å². The van der Waals surface area contributed by atoms with Gasteiger partial charge >= 0.3 is 6.03 Å². The van der Waals surface area contributed by atoms with Gasteiger partial charge in [-0.3, -0.25) is 19.4 Å². The molecule has 0 saturated carbocycles. The number of imide groups is 1. The third kappa shape index (κ3) is 5.36. The van der Waals surface area contributed by atoms with Gasteiger partial charge in [-0.1, -0.05) is 25.0 Å². The topological polar surface area (TPSA) is 85.4 Å². The van der Waals surface area contributed by atoms with Crippen molar-refractivity contribution in [3.8, 4) is 5.75 Å². The van der Waals surface area contributed by atoms with Gasteiger partial charge in [0.05, 0.1) is 19.8 Å². The predicted molar refractivity (Wildman–Crippen MR) is 128 cm³/mol. The molecular weight excluding hydrogens is 434 g/mol. The van der Waals surface area contributed by atoms with E-state index >= 15 is 0 Å². The van der Waals surface area contributed by atoms with Crippen molar-refractivity contribution in [3.05, 3.63) is 29.8 Å². The maximum atomic E-state index is 13.3. The molecule has 3 aliphatic heterocycles. The summed E-state index contributed by atoms with van der Waals surface area (Å²) in [5.41, 5.74) is -0.364. The number of amides is 4. The molecule has 4 amide bonds. The molecule has 1 unspecified atom stereocenters. The lowest BCUT2D eigenvalue weighted by Crippen LogP contribution is -2.53. The minimum Gasteiger partial charge on any atom is -0.494 e. The number of nitrogens with one attached hydrogen (secondary N) is 1. The summed E-state index contributed by atoms with van der Waals surface area (Å²) in [5.74, 6) is 0.701. The Morgan fingerprint density at radius 3 is 2.18 bits per heavy atom. The number of piperazine rings is 1. The van der Waals surface area contributed by atoms with E-state index in [9.17, 15) is 14.4 Å². The molecule has 3 aliphatic rings. The van der Waals surface area contributed by atoms with E-state index in [0.29, 0.717) is 26.2 Å². The number of nitrogens with zero attached hydrogens (tertiary/aromatic N) is 4. The van der Waals surface area contributed by atoms with Crippen LogP contribution in [0.1, 0.15) is 45.1 Å². The normalized spacial score (nSPS) is 24.8. The largest absolute Gasteiger partial charge is 0.494 e. The first-order chi connectivity index (χ1) is 16.4. The molecule has 4 rings (SSSR count). The summed E-state index contributed by atoms with van der Waals surface area (Å²) in [6.45, 7) is 9.61. The smallest absolute Gasteiger partial charge is 0.326 e. The molecule has 9 nitrogen and oxygen atoms in total. The molecule has 0 radical (unpaired) electrons. The second kappa shape index (κ2) is 10.7. The van der Waals surface area contributed by atoms with Gasteiger partial charge < -0.3 is 15.0 Å². The number of urea groups is 1. The Labute approximate surface area is 202 Å². The zero-order valence-corrected chi connectivity index (χ0v) is 20.4. The van der Waals surface area contributed by atoms with Crippen LogP contribution in [0.25, 0.3) is 0 Å². The number of ether oxygens (including phenoxy) is 1. The van der Waals surface area contributed by atoms with Crippen molar-refractivity contribution in [1.82, 2.24) is 24.9 Å². The Morgan fingerprint density at radius 1 is 0.941 bits per heavy atom. The first-order valence-electron chi connectivity index (χ1n) is 12.5. The van der Waals surface area contributed by atoms with Crippen LogP contribution in [-0.2, 0) is 15.1 Å². The third-order valence-corrected chi connectivity index (χ3v) is 7.14. The maximum Gasteiger partial charge on any atom is 0.326 e. The van der Waals surface area contributed by atoms with Gasteiger partial charge in [-0.25, -0.2) is 9.69 Å². The van der Waals surface area contributed by atoms with Gasteiger partial charge in [0.2, 0.25) is 5.91 Å². The summed E-state index contributed by atoms with van der Waals surface area (Å²) in [5, 5.41) is 2.87. The van der Waals surface area contributed by atoms with Crippen LogP contribution in [-0.4, -0.2) is 96.5 Å². The van der Waals surface area contributed by atoms with Gasteiger partial charge in [-0.2, -0.15) is 0 Å². The van der Waals surface area contributed by atoms with Gasteiger partial charge in [-0.05, 0) is 44.4 Å². The molecule has 0 aliphatic carbocycles. The Kier molecular flexibility index (Phi) is 7.73. The summed E-state index contributed by atoms with van der Waals surface area (Å²) >= 11 is 0. The van der Waals surface area contributed by atoms with E-state index in [4.69, 9.17) is 4.74 Å². The van der Waals surface area contributed by atoms with Crippen LogP contribution >= 0.6 is 0 Å². The van der Waals surface area contributed by atoms with Crippen molar-refractivity contribution in [2.45, 2.75) is 45.1 Å². The predicted octanol–water partition coefficient (Wildman–Crippen LogP) is 1.83.